The number of carbonyl (C=O) groups is 1. The maximum absolute atomic E-state index is 11.8. The van der Waals surface area contributed by atoms with Crippen LogP contribution in [0, 0.1) is 5.92 Å². The Morgan fingerprint density at radius 1 is 1.44 bits per heavy atom. The van der Waals surface area contributed by atoms with Crippen molar-refractivity contribution in [3.63, 3.8) is 0 Å². The lowest BCUT2D eigenvalue weighted by molar-refractivity contribution is 0.0204. The maximum atomic E-state index is 11.8. The molecule has 0 atom stereocenters. The molecule has 0 aliphatic carbocycles. The van der Waals surface area contributed by atoms with Gasteiger partial charge in [0.1, 0.15) is 5.82 Å². The van der Waals surface area contributed by atoms with Crippen LogP contribution < -0.4 is 5.48 Å². The van der Waals surface area contributed by atoms with Gasteiger partial charge < -0.3 is 0 Å². The van der Waals surface area contributed by atoms with Gasteiger partial charge in [-0.2, -0.15) is 0 Å². The van der Waals surface area contributed by atoms with Gasteiger partial charge in [0.25, 0.3) is 5.91 Å². The van der Waals surface area contributed by atoms with Crippen molar-refractivity contribution in [1.29, 1.82) is 0 Å². The van der Waals surface area contributed by atoms with Gasteiger partial charge in [0, 0.05) is 5.92 Å². The molecule has 1 rings (SSSR count). The fourth-order valence-electron chi connectivity index (χ4n) is 1.14. The average Bonchev–Trinajstić information content (AvgIpc) is 2.28. The third kappa shape index (κ3) is 4.23. The molecule has 1 amide bonds. The van der Waals surface area contributed by atoms with E-state index in [9.17, 15) is 4.79 Å². The van der Waals surface area contributed by atoms with Gasteiger partial charge in [-0.1, -0.05) is 39.3 Å². The van der Waals surface area contributed by atoms with E-state index in [0.29, 0.717) is 18.3 Å². The Kier molecular flexibility index (Phi) is 5.50. The van der Waals surface area contributed by atoms with E-state index in [2.05, 4.69) is 15.4 Å². The zero-order valence-corrected chi connectivity index (χ0v) is 11.8. The fourth-order valence-corrected chi connectivity index (χ4v) is 1.32. The van der Waals surface area contributed by atoms with E-state index in [0.717, 1.165) is 0 Å². The van der Waals surface area contributed by atoms with E-state index in [1.807, 2.05) is 27.7 Å². The van der Waals surface area contributed by atoms with Gasteiger partial charge in [0.05, 0.1) is 17.8 Å². The van der Waals surface area contributed by atoms with Crippen LogP contribution in [0.5, 0.6) is 0 Å². The molecule has 0 spiro atoms. The molecule has 0 unspecified atom stereocenters. The number of nitrogens with one attached hydrogen (secondary N) is 1. The Balaban J connectivity index is 2.75. The minimum atomic E-state index is -0.454. The van der Waals surface area contributed by atoms with Crippen molar-refractivity contribution in [3.05, 3.63) is 22.7 Å². The topological polar surface area (TPSA) is 64.1 Å². The molecular formula is C12H18ClN3O2. The van der Waals surface area contributed by atoms with Gasteiger partial charge in [-0.25, -0.2) is 15.4 Å². The highest BCUT2D eigenvalue weighted by molar-refractivity contribution is 6.33. The number of hydrogen-bond donors (Lipinski definition) is 1. The summed E-state index contributed by atoms with van der Waals surface area (Å²) in [6.07, 6.45) is 1.43. The minimum absolute atomic E-state index is 0.130. The van der Waals surface area contributed by atoms with Crippen LogP contribution >= 0.6 is 11.6 Å². The van der Waals surface area contributed by atoms with Gasteiger partial charge >= 0.3 is 0 Å². The molecule has 1 aromatic rings. The summed E-state index contributed by atoms with van der Waals surface area (Å²) in [5.41, 5.74) is 2.46. The summed E-state index contributed by atoms with van der Waals surface area (Å²) in [4.78, 5) is 25.1. The van der Waals surface area contributed by atoms with E-state index in [-0.39, 0.29) is 16.6 Å². The molecule has 0 radical (unpaired) electrons. The third-order valence-corrected chi connectivity index (χ3v) is 2.35. The van der Waals surface area contributed by atoms with E-state index < -0.39 is 5.91 Å². The van der Waals surface area contributed by atoms with E-state index in [4.69, 9.17) is 16.4 Å². The summed E-state index contributed by atoms with van der Waals surface area (Å²) >= 11 is 5.90. The lowest BCUT2D eigenvalue weighted by atomic mass is 10.2. The number of halogens is 1. The molecule has 0 aromatic carbocycles. The second kappa shape index (κ2) is 6.66. The highest BCUT2D eigenvalue weighted by Crippen LogP contribution is 2.16. The number of hydroxylamine groups is 1. The first-order chi connectivity index (χ1) is 8.41. The lowest BCUT2D eigenvalue weighted by Crippen LogP contribution is -2.27. The smallest absolute Gasteiger partial charge is 0.273 e. The molecule has 5 nitrogen and oxygen atoms in total. The Morgan fingerprint density at radius 2 is 2.11 bits per heavy atom. The monoisotopic (exact) mass is 271 g/mol. The highest BCUT2D eigenvalue weighted by atomic mass is 35.5. The quantitative estimate of drug-likeness (QED) is 0.836. The number of aromatic nitrogens is 2. The second-order valence-corrected chi connectivity index (χ2v) is 5.12. The predicted molar refractivity (Wildman–Crippen MR) is 69.4 cm³/mol. The second-order valence-electron chi connectivity index (χ2n) is 4.72. The molecule has 1 N–H and O–H groups in total. The molecule has 100 valence electrons. The van der Waals surface area contributed by atoms with Gasteiger partial charge in [-0.05, 0) is 5.92 Å². The Labute approximate surface area is 112 Å². The number of carbonyl (C=O) groups excluding carboxylic acids is 1. The lowest BCUT2D eigenvalue weighted by Gasteiger charge is -2.10. The zero-order valence-electron chi connectivity index (χ0n) is 11.0. The summed E-state index contributed by atoms with van der Waals surface area (Å²) in [6, 6.07) is 0. The highest BCUT2D eigenvalue weighted by Gasteiger charge is 2.15. The third-order valence-electron chi connectivity index (χ3n) is 2.08. The average molecular weight is 272 g/mol. The van der Waals surface area contributed by atoms with Crippen LogP contribution in [-0.4, -0.2) is 22.5 Å². The van der Waals surface area contributed by atoms with Gasteiger partial charge in [0.2, 0.25) is 0 Å². The van der Waals surface area contributed by atoms with E-state index in [1.165, 1.54) is 6.20 Å². The van der Waals surface area contributed by atoms with E-state index >= 15 is 0 Å². The van der Waals surface area contributed by atoms with Crippen molar-refractivity contribution in [2.45, 2.75) is 33.6 Å². The van der Waals surface area contributed by atoms with E-state index in [1.54, 1.807) is 0 Å². The fraction of sp³-hybridized carbons (Fsp3) is 0.583. The van der Waals surface area contributed by atoms with Crippen molar-refractivity contribution in [2.75, 3.05) is 6.61 Å². The molecule has 6 heteroatoms. The SMILES string of the molecule is CC(C)CONC(=O)c1nc(C(C)C)ncc1Cl. The normalized spacial score (nSPS) is 11.1. The molecule has 1 heterocycles. The number of rotatable bonds is 5. The molecule has 1 aromatic heterocycles. The van der Waals surface area contributed by atoms with Crippen molar-refractivity contribution in [2.24, 2.45) is 5.92 Å². The molecule has 0 bridgehead atoms. The Morgan fingerprint density at radius 3 is 2.67 bits per heavy atom. The van der Waals surface area contributed by atoms with Crippen molar-refractivity contribution in [1.82, 2.24) is 15.4 Å². The molecule has 18 heavy (non-hydrogen) atoms. The molecule has 0 saturated carbocycles. The summed E-state index contributed by atoms with van der Waals surface area (Å²) in [7, 11) is 0. The summed E-state index contributed by atoms with van der Waals surface area (Å²) < 4.78 is 0. The van der Waals surface area contributed by atoms with Crippen LogP contribution in [0.25, 0.3) is 0 Å². The first-order valence-corrected chi connectivity index (χ1v) is 6.24. The standard InChI is InChI=1S/C12H18ClN3O2/c1-7(2)6-18-16-12(17)10-9(13)5-14-11(15-10)8(3)4/h5,7-8H,6H2,1-4H3,(H,16,17). The maximum Gasteiger partial charge on any atom is 0.295 e. The summed E-state index contributed by atoms with van der Waals surface area (Å²) in [5.74, 6) is 0.584. The first-order valence-electron chi connectivity index (χ1n) is 5.86. The van der Waals surface area contributed by atoms with Crippen LogP contribution in [0.15, 0.2) is 6.20 Å². The number of amides is 1. The van der Waals surface area contributed by atoms with Gasteiger partial charge in [0.15, 0.2) is 5.69 Å². The Bertz CT molecular complexity index is 422. The molecule has 0 fully saturated rings. The first kappa shape index (κ1) is 14.9. The molecule has 0 aliphatic rings. The Hall–Kier alpha value is -1.20. The summed E-state index contributed by atoms with van der Waals surface area (Å²) in [6.45, 7) is 8.30. The van der Waals surface area contributed by atoms with Crippen LogP contribution in [0.3, 0.4) is 0 Å². The summed E-state index contributed by atoms with van der Waals surface area (Å²) in [5, 5.41) is 0.213. The minimum Gasteiger partial charge on any atom is -0.273 e. The molecule has 0 saturated heterocycles. The van der Waals surface area contributed by atoms with Crippen molar-refractivity contribution in [3.8, 4) is 0 Å². The molecule has 0 aliphatic heterocycles. The number of nitrogens with zero attached hydrogens (tertiary/aromatic N) is 2. The van der Waals surface area contributed by atoms with Gasteiger partial charge in [-0.15, -0.1) is 0 Å². The van der Waals surface area contributed by atoms with Gasteiger partial charge in [-0.3, -0.25) is 9.63 Å². The van der Waals surface area contributed by atoms with Crippen LogP contribution in [0.2, 0.25) is 5.02 Å². The van der Waals surface area contributed by atoms with Crippen molar-refractivity contribution < 1.29 is 9.63 Å². The largest absolute Gasteiger partial charge is 0.295 e. The zero-order chi connectivity index (χ0) is 13.7. The molecular weight excluding hydrogens is 254 g/mol. The van der Waals surface area contributed by atoms with Crippen LogP contribution in [-0.2, 0) is 4.84 Å². The van der Waals surface area contributed by atoms with Crippen LogP contribution in [0.1, 0.15) is 49.9 Å². The number of hydrogen-bond acceptors (Lipinski definition) is 4. The van der Waals surface area contributed by atoms with Crippen molar-refractivity contribution >= 4 is 17.5 Å². The van der Waals surface area contributed by atoms with Crippen LogP contribution in [0.4, 0.5) is 0 Å². The predicted octanol–water partition coefficient (Wildman–Crippen LogP) is 2.57.